The van der Waals surface area contributed by atoms with Crippen molar-refractivity contribution in [3.63, 3.8) is 0 Å². The average Bonchev–Trinajstić information content (AvgIpc) is 2.83. The van der Waals surface area contributed by atoms with Crippen LogP contribution in [0.25, 0.3) is 10.9 Å². The highest BCUT2D eigenvalue weighted by Gasteiger charge is 2.10. The van der Waals surface area contributed by atoms with Crippen molar-refractivity contribution < 1.29 is 4.39 Å². The van der Waals surface area contributed by atoms with Crippen LogP contribution in [0.5, 0.6) is 0 Å². The fraction of sp³-hybridized carbons (Fsp3) is 0.133. The molecule has 19 heavy (non-hydrogen) atoms. The van der Waals surface area contributed by atoms with Crippen LogP contribution in [-0.2, 0) is 0 Å². The van der Waals surface area contributed by atoms with E-state index < -0.39 is 0 Å². The van der Waals surface area contributed by atoms with Crippen molar-refractivity contribution in [1.82, 2.24) is 4.37 Å². The van der Waals surface area contributed by atoms with Crippen molar-refractivity contribution in [2.75, 3.05) is 5.32 Å². The van der Waals surface area contributed by atoms with Gasteiger partial charge in [0.25, 0.3) is 0 Å². The summed E-state index contributed by atoms with van der Waals surface area (Å²) in [6.45, 7) is 2.06. The Balaban J connectivity index is 1.86. The molecule has 3 aromatic rings. The lowest BCUT2D eigenvalue weighted by atomic mass is 10.1. The van der Waals surface area contributed by atoms with Crippen molar-refractivity contribution in [3.05, 3.63) is 59.9 Å². The van der Waals surface area contributed by atoms with Gasteiger partial charge in [-0.25, -0.2) is 4.39 Å². The van der Waals surface area contributed by atoms with Crippen molar-refractivity contribution in [1.29, 1.82) is 0 Å². The molecule has 0 saturated heterocycles. The van der Waals surface area contributed by atoms with Gasteiger partial charge in [-0.3, -0.25) is 0 Å². The number of aromatic nitrogens is 1. The normalized spacial score (nSPS) is 12.5. The maximum atomic E-state index is 12.9. The second-order valence-electron chi connectivity index (χ2n) is 4.45. The first-order valence-corrected chi connectivity index (χ1v) is 6.88. The van der Waals surface area contributed by atoms with Crippen LogP contribution >= 0.6 is 11.5 Å². The Morgan fingerprint density at radius 1 is 1.11 bits per heavy atom. The quantitative estimate of drug-likeness (QED) is 0.753. The summed E-state index contributed by atoms with van der Waals surface area (Å²) in [7, 11) is 0. The van der Waals surface area contributed by atoms with Crippen LogP contribution in [0.15, 0.2) is 48.5 Å². The van der Waals surface area contributed by atoms with E-state index in [1.54, 1.807) is 12.1 Å². The van der Waals surface area contributed by atoms with E-state index in [0.717, 1.165) is 21.5 Å². The van der Waals surface area contributed by atoms with E-state index in [9.17, 15) is 4.39 Å². The van der Waals surface area contributed by atoms with Gasteiger partial charge in [0.05, 0.1) is 5.52 Å². The van der Waals surface area contributed by atoms with Crippen LogP contribution in [-0.4, -0.2) is 4.37 Å². The number of nitrogens with zero attached hydrogens (tertiary/aromatic N) is 1. The molecule has 0 fully saturated rings. The number of benzene rings is 2. The Morgan fingerprint density at radius 2 is 1.84 bits per heavy atom. The standard InChI is InChI=1S/C15H13FN2S/c1-10(11-6-8-12(16)9-7-11)17-15-13-4-2-3-5-14(13)18-19-15/h2-10,17H,1H3. The average molecular weight is 272 g/mol. The summed E-state index contributed by atoms with van der Waals surface area (Å²) < 4.78 is 17.3. The molecule has 0 spiro atoms. The van der Waals surface area contributed by atoms with Crippen molar-refractivity contribution in [3.8, 4) is 0 Å². The van der Waals surface area contributed by atoms with Gasteiger partial charge in [-0.05, 0) is 48.3 Å². The van der Waals surface area contributed by atoms with Gasteiger partial charge in [0.1, 0.15) is 10.8 Å². The molecule has 0 aliphatic carbocycles. The molecule has 2 aromatic carbocycles. The van der Waals surface area contributed by atoms with Crippen LogP contribution in [0.3, 0.4) is 0 Å². The first-order chi connectivity index (χ1) is 9.24. The molecule has 1 unspecified atom stereocenters. The summed E-state index contributed by atoms with van der Waals surface area (Å²) in [4.78, 5) is 0. The van der Waals surface area contributed by atoms with E-state index in [1.165, 1.54) is 23.7 Å². The van der Waals surface area contributed by atoms with Gasteiger partial charge in [-0.15, -0.1) is 0 Å². The maximum absolute atomic E-state index is 12.9. The molecular formula is C15H13FN2S. The minimum atomic E-state index is -0.209. The fourth-order valence-corrected chi connectivity index (χ4v) is 2.87. The SMILES string of the molecule is CC(Nc1snc2ccccc12)c1ccc(F)cc1. The summed E-state index contributed by atoms with van der Waals surface area (Å²) in [5, 5.41) is 5.61. The van der Waals surface area contributed by atoms with Gasteiger partial charge in [0, 0.05) is 11.4 Å². The van der Waals surface area contributed by atoms with Crippen molar-refractivity contribution >= 4 is 27.4 Å². The summed E-state index contributed by atoms with van der Waals surface area (Å²) in [6.07, 6.45) is 0. The van der Waals surface area contributed by atoms with Crippen molar-refractivity contribution in [2.45, 2.75) is 13.0 Å². The Labute approximate surface area is 115 Å². The highest BCUT2D eigenvalue weighted by molar-refractivity contribution is 7.11. The zero-order valence-corrected chi connectivity index (χ0v) is 11.2. The molecule has 0 radical (unpaired) electrons. The second-order valence-corrected chi connectivity index (χ2v) is 5.22. The van der Waals surface area contributed by atoms with E-state index in [0.29, 0.717) is 0 Å². The fourth-order valence-electron chi connectivity index (χ4n) is 2.02. The molecule has 1 atom stereocenters. The number of rotatable bonds is 3. The zero-order valence-electron chi connectivity index (χ0n) is 10.4. The van der Waals surface area contributed by atoms with E-state index in [2.05, 4.69) is 22.7 Å². The van der Waals surface area contributed by atoms with Gasteiger partial charge in [0.2, 0.25) is 0 Å². The minimum Gasteiger partial charge on any atom is -0.369 e. The Bertz CT molecular complexity index is 691. The topological polar surface area (TPSA) is 24.9 Å². The van der Waals surface area contributed by atoms with E-state index in [1.807, 2.05) is 18.2 Å². The molecule has 1 heterocycles. The summed E-state index contributed by atoms with van der Waals surface area (Å²) >= 11 is 1.45. The molecule has 2 nitrogen and oxygen atoms in total. The molecule has 0 aliphatic heterocycles. The number of halogens is 1. The summed E-state index contributed by atoms with van der Waals surface area (Å²) in [5.74, 6) is -0.209. The van der Waals surface area contributed by atoms with Crippen LogP contribution in [0.1, 0.15) is 18.5 Å². The third-order valence-corrected chi connectivity index (χ3v) is 3.91. The largest absolute Gasteiger partial charge is 0.369 e. The molecule has 4 heteroatoms. The smallest absolute Gasteiger partial charge is 0.123 e. The zero-order chi connectivity index (χ0) is 13.2. The minimum absolute atomic E-state index is 0.115. The molecule has 0 aliphatic rings. The van der Waals surface area contributed by atoms with E-state index in [4.69, 9.17) is 0 Å². The van der Waals surface area contributed by atoms with Gasteiger partial charge >= 0.3 is 0 Å². The predicted molar refractivity (Wildman–Crippen MR) is 78.1 cm³/mol. The predicted octanol–water partition coefficient (Wildman–Crippen LogP) is 4.61. The third kappa shape index (κ3) is 2.44. The second kappa shape index (κ2) is 4.97. The number of anilines is 1. The number of hydrogen-bond donors (Lipinski definition) is 1. The number of nitrogens with one attached hydrogen (secondary N) is 1. The Morgan fingerprint density at radius 3 is 2.63 bits per heavy atom. The maximum Gasteiger partial charge on any atom is 0.123 e. The summed E-state index contributed by atoms with van der Waals surface area (Å²) in [6, 6.07) is 14.7. The van der Waals surface area contributed by atoms with Gasteiger partial charge < -0.3 is 5.32 Å². The van der Waals surface area contributed by atoms with Crippen molar-refractivity contribution in [2.24, 2.45) is 0 Å². The lowest BCUT2D eigenvalue weighted by Gasteiger charge is -2.14. The summed E-state index contributed by atoms with van der Waals surface area (Å²) in [5.41, 5.74) is 2.06. The molecule has 1 aromatic heterocycles. The molecule has 0 saturated carbocycles. The van der Waals surface area contributed by atoms with Crippen LogP contribution < -0.4 is 5.32 Å². The number of fused-ring (bicyclic) bond motifs is 1. The van der Waals surface area contributed by atoms with Crippen LogP contribution in [0.4, 0.5) is 9.39 Å². The molecule has 96 valence electrons. The van der Waals surface area contributed by atoms with E-state index in [-0.39, 0.29) is 11.9 Å². The highest BCUT2D eigenvalue weighted by atomic mass is 32.1. The molecule has 1 N–H and O–H groups in total. The monoisotopic (exact) mass is 272 g/mol. The lowest BCUT2D eigenvalue weighted by Crippen LogP contribution is -2.05. The first kappa shape index (κ1) is 12.1. The molecule has 3 rings (SSSR count). The Kier molecular flexibility index (Phi) is 3.17. The Hall–Kier alpha value is -1.94. The van der Waals surface area contributed by atoms with Gasteiger partial charge in [0.15, 0.2) is 0 Å². The van der Waals surface area contributed by atoms with Crippen LogP contribution in [0, 0.1) is 5.82 Å². The molecule has 0 amide bonds. The van der Waals surface area contributed by atoms with E-state index >= 15 is 0 Å². The van der Waals surface area contributed by atoms with Gasteiger partial charge in [-0.2, -0.15) is 4.37 Å². The van der Waals surface area contributed by atoms with Gasteiger partial charge in [-0.1, -0.05) is 24.3 Å². The lowest BCUT2D eigenvalue weighted by molar-refractivity contribution is 0.626. The third-order valence-electron chi connectivity index (χ3n) is 3.10. The molecular weight excluding hydrogens is 259 g/mol. The first-order valence-electron chi connectivity index (χ1n) is 6.10. The molecule has 0 bridgehead atoms. The number of hydrogen-bond acceptors (Lipinski definition) is 3. The highest BCUT2D eigenvalue weighted by Crippen LogP contribution is 2.30. The van der Waals surface area contributed by atoms with Crippen LogP contribution in [0.2, 0.25) is 0 Å².